The maximum Gasteiger partial charge on any atom is 0.192 e. The summed E-state index contributed by atoms with van der Waals surface area (Å²) in [6.45, 7) is 2.34. The molecular weight excluding hydrogens is 288 g/mol. The summed E-state index contributed by atoms with van der Waals surface area (Å²) in [7, 11) is 1.56. The molecule has 0 amide bonds. The van der Waals surface area contributed by atoms with E-state index in [0.29, 0.717) is 22.9 Å². The standard InChI is InChI=1S/C17H17ClO3/c1-12-3-8-15(17(9-12)20-2)16(19)11-21-10-13-4-6-14(18)7-5-13/h3-9H,10-11H2,1-2H3. The molecule has 0 bridgehead atoms. The van der Waals surface area contributed by atoms with Gasteiger partial charge in [-0.1, -0.05) is 29.8 Å². The van der Waals surface area contributed by atoms with E-state index in [2.05, 4.69) is 0 Å². The molecule has 0 saturated carbocycles. The van der Waals surface area contributed by atoms with Gasteiger partial charge < -0.3 is 9.47 Å². The highest BCUT2D eigenvalue weighted by Gasteiger charge is 2.12. The van der Waals surface area contributed by atoms with Gasteiger partial charge in [-0.05, 0) is 42.3 Å². The molecule has 0 unspecified atom stereocenters. The second-order valence-corrected chi connectivity index (χ2v) is 5.18. The van der Waals surface area contributed by atoms with Crippen LogP contribution >= 0.6 is 11.6 Å². The van der Waals surface area contributed by atoms with Crippen LogP contribution in [0.1, 0.15) is 21.5 Å². The summed E-state index contributed by atoms with van der Waals surface area (Å²) in [5.41, 5.74) is 2.56. The van der Waals surface area contributed by atoms with Crippen molar-refractivity contribution < 1.29 is 14.3 Å². The first-order valence-corrected chi connectivity index (χ1v) is 6.98. The minimum Gasteiger partial charge on any atom is -0.496 e. The molecule has 0 spiro atoms. The molecule has 3 nitrogen and oxygen atoms in total. The fourth-order valence-electron chi connectivity index (χ4n) is 1.95. The number of methoxy groups -OCH3 is 1. The third-order valence-electron chi connectivity index (χ3n) is 3.07. The van der Waals surface area contributed by atoms with E-state index in [0.717, 1.165) is 11.1 Å². The van der Waals surface area contributed by atoms with Crippen molar-refractivity contribution in [1.82, 2.24) is 0 Å². The van der Waals surface area contributed by atoms with E-state index in [4.69, 9.17) is 21.1 Å². The number of carbonyl (C=O) groups excluding carboxylic acids is 1. The average Bonchev–Trinajstić information content (AvgIpc) is 2.49. The lowest BCUT2D eigenvalue weighted by Gasteiger charge is -2.09. The third-order valence-corrected chi connectivity index (χ3v) is 3.32. The molecule has 0 aliphatic carbocycles. The van der Waals surface area contributed by atoms with Gasteiger partial charge in [-0.15, -0.1) is 0 Å². The highest BCUT2D eigenvalue weighted by Crippen LogP contribution is 2.20. The first-order valence-electron chi connectivity index (χ1n) is 6.60. The smallest absolute Gasteiger partial charge is 0.192 e. The second-order valence-electron chi connectivity index (χ2n) is 4.75. The Bertz CT molecular complexity index is 620. The number of aryl methyl sites for hydroxylation is 1. The Balaban J connectivity index is 1.94. The average molecular weight is 305 g/mol. The normalized spacial score (nSPS) is 10.4. The minimum atomic E-state index is -0.0965. The zero-order chi connectivity index (χ0) is 15.2. The van der Waals surface area contributed by atoms with E-state index in [1.807, 2.05) is 31.2 Å². The van der Waals surface area contributed by atoms with Gasteiger partial charge >= 0.3 is 0 Å². The number of halogens is 1. The van der Waals surface area contributed by atoms with Crippen LogP contribution in [-0.4, -0.2) is 19.5 Å². The number of benzene rings is 2. The summed E-state index contributed by atoms with van der Waals surface area (Å²) in [6, 6.07) is 12.8. The van der Waals surface area contributed by atoms with Crippen molar-refractivity contribution in [3.8, 4) is 5.75 Å². The topological polar surface area (TPSA) is 35.5 Å². The van der Waals surface area contributed by atoms with Crippen molar-refractivity contribution in [3.63, 3.8) is 0 Å². The van der Waals surface area contributed by atoms with Crippen LogP contribution in [-0.2, 0) is 11.3 Å². The van der Waals surface area contributed by atoms with Crippen LogP contribution in [0.3, 0.4) is 0 Å². The van der Waals surface area contributed by atoms with E-state index >= 15 is 0 Å². The monoisotopic (exact) mass is 304 g/mol. The predicted molar refractivity (Wildman–Crippen MR) is 83.2 cm³/mol. The molecule has 0 N–H and O–H groups in total. The summed E-state index contributed by atoms with van der Waals surface area (Å²) in [5.74, 6) is 0.482. The van der Waals surface area contributed by atoms with Crippen LogP contribution in [0.2, 0.25) is 5.02 Å². The van der Waals surface area contributed by atoms with Crippen molar-refractivity contribution >= 4 is 17.4 Å². The van der Waals surface area contributed by atoms with Crippen molar-refractivity contribution in [2.75, 3.05) is 13.7 Å². The van der Waals surface area contributed by atoms with Crippen LogP contribution in [0, 0.1) is 6.92 Å². The molecule has 0 heterocycles. The zero-order valence-electron chi connectivity index (χ0n) is 12.1. The summed E-state index contributed by atoms with van der Waals surface area (Å²) < 4.78 is 10.7. The Morgan fingerprint density at radius 1 is 1.14 bits per heavy atom. The van der Waals surface area contributed by atoms with Crippen molar-refractivity contribution in [1.29, 1.82) is 0 Å². The fraction of sp³-hybridized carbons (Fsp3) is 0.235. The zero-order valence-corrected chi connectivity index (χ0v) is 12.8. The summed E-state index contributed by atoms with van der Waals surface area (Å²) in [5, 5.41) is 0.680. The van der Waals surface area contributed by atoms with Crippen LogP contribution in [0.15, 0.2) is 42.5 Å². The molecule has 0 saturated heterocycles. The van der Waals surface area contributed by atoms with Crippen LogP contribution < -0.4 is 4.74 Å². The van der Waals surface area contributed by atoms with Gasteiger partial charge in [0.25, 0.3) is 0 Å². The first-order chi connectivity index (χ1) is 10.1. The molecule has 2 aromatic rings. The van der Waals surface area contributed by atoms with E-state index in [1.165, 1.54) is 0 Å². The quantitative estimate of drug-likeness (QED) is 0.755. The molecule has 2 rings (SSSR count). The molecule has 0 atom stereocenters. The molecular formula is C17H17ClO3. The summed E-state index contributed by atoms with van der Waals surface area (Å²) >= 11 is 5.81. The van der Waals surface area contributed by atoms with Crippen molar-refractivity contribution in [2.45, 2.75) is 13.5 Å². The van der Waals surface area contributed by atoms with Crippen molar-refractivity contribution in [2.24, 2.45) is 0 Å². The van der Waals surface area contributed by atoms with Gasteiger partial charge in [0.15, 0.2) is 5.78 Å². The van der Waals surface area contributed by atoms with Crippen molar-refractivity contribution in [3.05, 3.63) is 64.2 Å². The molecule has 0 aliphatic rings. The van der Waals surface area contributed by atoms with Gasteiger partial charge in [0.05, 0.1) is 19.3 Å². The number of hydrogen-bond donors (Lipinski definition) is 0. The maximum atomic E-state index is 12.2. The van der Waals surface area contributed by atoms with Crippen LogP contribution in [0.25, 0.3) is 0 Å². The Morgan fingerprint density at radius 2 is 1.86 bits per heavy atom. The maximum absolute atomic E-state index is 12.2. The number of hydrogen-bond acceptors (Lipinski definition) is 3. The third kappa shape index (κ3) is 4.31. The lowest BCUT2D eigenvalue weighted by Crippen LogP contribution is -2.10. The highest BCUT2D eigenvalue weighted by atomic mass is 35.5. The molecule has 110 valence electrons. The number of ether oxygens (including phenoxy) is 2. The van der Waals surface area contributed by atoms with Gasteiger partial charge in [-0.25, -0.2) is 0 Å². The Labute approximate surface area is 129 Å². The Hall–Kier alpha value is -1.84. The van der Waals surface area contributed by atoms with Crippen LogP contribution in [0.4, 0.5) is 0 Å². The van der Waals surface area contributed by atoms with Crippen LogP contribution in [0.5, 0.6) is 5.75 Å². The Kier molecular flexibility index (Phi) is 5.37. The minimum absolute atomic E-state index is 0.0159. The number of ketones is 1. The van der Waals surface area contributed by atoms with E-state index in [9.17, 15) is 4.79 Å². The first kappa shape index (κ1) is 15.5. The van der Waals surface area contributed by atoms with Gasteiger partial charge in [-0.3, -0.25) is 4.79 Å². The predicted octanol–water partition coefficient (Wildman–Crippen LogP) is 4.06. The van der Waals surface area contributed by atoms with E-state index in [-0.39, 0.29) is 12.4 Å². The summed E-state index contributed by atoms with van der Waals surface area (Å²) in [4.78, 5) is 12.2. The van der Waals surface area contributed by atoms with Gasteiger partial charge in [0.1, 0.15) is 12.4 Å². The SMILES string of the molecule is COc1cc(C)ccc1C(=O)COCc1ccc(Cl)cc1. The molecule has 21 heavy (non-hydrogen) atoms. The van der Waals surface area contributed by atoms with Gasteiger partial charge in [-0.2, -0.15) is 0 Å². The largest absolute Gasteiger partial charge is 0.496 e. The lowest BCUT2D eigenvalue weighted by atomic mass is 10.1. The molecule has 2 aromatic carbocycles. The number of rotatable bonds is 6. The van der Waals surface area contributed by atoms with Gasteiger partial charge in [0.2, 0.25) is 0 Å². The molecule has 0 aliphatic heterocycles. The van der Waals surface area contributed by atoms with E-state index in [1.54, 1.807) is 25.3 Å². The fourth-order valence-corrected chi connectivity index (χ4v) is 2.07. The molecule has 0 aromatic heterocycles. The molecule has 0 radical (unpaired) electrons. The number of Topliss-reactive ketones (excluding diaryl/α,β-unsaturated/α-hetero) is 1. The molecule has 4 heteroatoms. The molecule has 0 fully saturated rings. The van der Waals surface area contributed by atoms with E-state index < -0.39 is 0 Å². The second kappa shape index (κ2) is 7.25. The van der Waals surface area contributed by atoms with Gasteiger partial charge in [0, 0.05) is 5.02 Å². The lowest BCUT2D eigenvalue weighted by molar-refractivity contribution is 0.0724. The highest BCUT2D eigenvalue weighted by molar-refractivity contribution is 6.30. The summed E-state index contributed by atoms with van der Waals surface area (Å²) in [6.07, 6.45) is 0. The number of carbonyl (C=O) groups is 1. The Morgan fingerprint density at radius 3 is 2.52 bits per heavy atom.